The lowest BCUT2D eigenvalue weighted by molar-refractivity contribution is -0.120. The molecule has 2 aromatic rings. The van der Waals surface area contributed by atoms with Crippen molar-refractivity contribution >= 4 is 21.4 Å². The highest BCUT2D eigenvalue weighted by molar-refractivity contribution is 7.91. The molecule has 7 heteroatoms. The van der Waals surface area contributed by atoms with Gasteiger partial charge < -0.3 is 15.4 Å². The van der Waals surface area contributed by atoms with Crippen LogP contribution in [0.5, 0.6) is 5.75 Å². The van der Waals surface area contributed by atoms with Gasteiger partial charge in [0, 0.05) is 6.04 Å². The van der Waals surface area contributed by atoms with Crippen LogP contribution < -0.4 is 15.4 Å². The second kappa shape index (κ2) is 9.98. The number of anilines is 1. The lowest BCUT2D eigenvalue weighted by atomic mass is 9.95. The number of aryl methyl sites for hydroxylation is 1. The Morgan fingerprint density at radius 2 is 1.77 bits per heavy atom. The summed E-state index contributed by atoms with van der Waals surface area (Å²) in [4.78, 5) is 12.7. The van der Waals surface area contributed by atoms with E-state index in [2.05, 4.69) is 10.6 Å². The molecular weight excluding hydrogens is 400 g/mol. The fraction of sp³-hybridized carbons (Fsp3) is 0.435. The molecule has 2 aromatic carbocycles. The average Bonchev–Trinajstić information content (AvgIpc) is 2.74. The van der Waals surface area contributed by atoms with Crippen LogP contribution in [0.3, 0.4) is 0 Å². The third-order valence-corrected chi connectivity index (χ3v) is 7.09. The molecule has 0 unspecified atom stereocenters. The van der Waals surface area contributed by atoms with Crippen LogP contribution in [0.15, 0.2) is 52.3 Å². The molecule has 1 fully saturated rings. The van der Waals surface area contributed by atoms with Gasteiger partial charge in [-0.1, -0.05) is 43.0 Å². The van der Waals surface area contributed by atoms with Crippen molar-refractivity contribution in [1.82, 2.24) is 5.32 Å². The smallest absolute Gasteiger partial charge is 0.239 e. The number of sulfone groups is 1. The second-order valence-electron chi connectivity index (χ2n) is 7.64. The van der Waals surface area contributed by atoms with Crippen molar-refractivity contribution in [3.63, 3.8) is 0 Å². The Hall–Kier alpha value is -2.54. The van der Waals surface area contributed by atoms with Crippen molar-refractivity contribution in [2.24, 2.45) is 0 Å². The molecule has 3 rings (SSSR count). The molecule has 0 heterocycles. The highest BCUT2D eigenvalue weighted by Gasteiger charge is 2.25. The highest BCUT2D eigenvalue weighted by Crippen LogP contribution is 2.35. The predicted octanol–water partition coefficient (Wildman–Crippen LogP) is 4.09. The molecule has 0 bridgehead atoms. The number of hydrogen-bond acceptors (Lipinski definition) is 5. The predicted molar refractivity (Wildman–Crippen MR) is 118 cm³/mol. The number of para-hydroxylation sites is 1. The van der Waals surface area contributed by atoms with Gasteiger partial charge >= 0.3 is 0 Å². The maximum absolute atomic E-state index is 13.2. The minimum Gasteiger partial charge on any atom is -0.490 e. The number of carbonyl (C=O) groups excluding carboxylic acids is 1. The summed E-state index contributed by atoms with van der Waals surface area (Å²) in [5, 5.41) is 6.12. The number of nitrogens with one attached hydrogen (secondary N) is 2. The summed E-state index contributed by atoms with van der Waals surface area (Å²) in [6.07, 6.45) is 5.54. The third kappa shape index (κ3) is 5.33. The summed E-state index contributed by atoms with van der Waals surface area (Å²) in [6.45, 7) is 4.08. The molecule has 0 aliphatic heterocycles. The topological polar surface area (TPSA) is 84.5 Å². The van der Waals surface area contributed by atoms with Crippen LogP contribution >= 0.6 is 0 Å². The molecule has 2 N–H and O–H groups in total. The first-order chi connectivity index (χ1) is 14.4. The van der Waals surface area contributed by atoms with E-state index in [1.54, 1.807) is 43.3 Å². The fourth-order valence-corrected chi connectivity index (χ4v) is 5.12. The molecule has 0 radical (unpaired) electrons. The zero-order chi connectivity index (χ0) is 21.6. The summed E-state index contributed by atoms with van der Waals surface area (Å²) in [7, 11) is -3.76. The molecule has 0 atom stereocenters. The van der Waals surface area contributed by atoms with Gasteiger partial charge in [-0.25, -0.2) is 8.42 Å². The van der Waals surface area contributed by atoms with E-state index < -0.39 is 9.84 Å². The zero-order valence-corrected chi connectivity index (χ0v) is 18.4. The molecule has 30 heavy (non-hydrogen) atoms. The number of carbonyl (C=O) groups is 1. The monoisotopic (exact) mass is 430 g/mol. The van der Waals surface area contributed by atoms with Gasteiger partial charge in [0.15, 0.2) is 5.75 Å². The van der Waals surface area contributed by atoms with Crippen LogP contribution in [-0.2, 0) is 14.6 Å². The summed E-state index contributed by atoms with van der Waals surface area (Å²) in [5.41, 5.74) is 1.47. The number of rotatable bonds is 8. The normalized spacial score (nSPS) is 14.9. The van der Waals surface area contributed by atoms with Crippen LogP contribution in [0.1, 0.15) is 44.6 Å². The number of amides is 1. The first kappa shape index (κ1) is 22.2. The summed E-state index contributed by atoms with van der Waals surface area (Å²) in [6, 6.07) is 11.9. The van der Waals surface area contributed by atoms with Gasteiger partial charge in [-0.2, -0.15) is 0 Å². The Bertz CT molecular complexity index is 965. The van der Waals surface area contributed by atoms with E-state index in [1.165, 1.54) is 12.5 Å². The van der Waals surface area contributed by atoms with Crippen molar-refractivity contribution in [2.75, 3.05) is 18.5 Å². The quantitative estimate of drug-likeness (QED) is 0.659. The lowest BCUT2D eigenvalue weighted by Crippen LogP contribution is -2.39. The van der Waals surface area contributed by atoms with Crippen molar-refractivity contribution in [3.8, 4) is 5.75 Å². The number of benzene rings is 2. The Balaban J connectivity index is 1.80. The number of ether oxygens (including phenoxy) is 1. The van der Waals surface area contributed by atoms with Gasteiger partial charge in [-0.3, -0.25) is 4.79 Å². The van der Waals surface area contributed by atoms with E-state index >= 15 is 0 Å². The van der Waals surface area contributed by atoms with Crippen molar-refractivity contribution in [2.45, 2.75) is 61.8 Å². The van der Waals surface area contributed by atoms with Crippen LogP contribution in [0.25, 0.3) is 0 Å². The third-order valence-electron chi connectivity index (χ3n) is 5.30. The second-order valence-corrected chi connectivity index (χ2v) is 9.56. The van der Waals surface area contributed by atoms with E-state index in [0.29, 0.717) is 12.3 Å². The molecule has 0 spiro atoms. The molecule has 1 amide bonds. The fourth-order valence-electron chi connectivity index (χ4n) is 3.71. The SMILES string of the molecule is CCOc1c(NCC(=O)NC2CCCCC2)cccc1S(=O)(=O)c1ccc(C)cc1. The first-order valence-electron chi connectivity index (χ1n) is 10.5. The standard InChI is InChI=1S/C23H30N2O4S/c1-3-29-23-20(24-16-22(26)25-18-8-5-4-6-9-18)10-7-11-21(23)30(27,28)19-14-12-17(2)13-15-19/h7,10-15,18,24H,3-6,8-9,16H2,1-2H3,(H,25,26). The molecular formula is C23H30N2O4S. The average molecular weight is 431 g/mol. The first-order valence-corrected chi connectivity index (χ1v) is 12.0. The van der Waals surface area contributed by atoms with Gasteiger partial charge in [0.1, 0.15) is 4.90 Å². The Morgan fingerprint density at radius 1 is 1.07 bits per heavy atom. The van der Waals surface area contributed by atoms with Crippen LogP contribution in [-0.4, -0.2) is 33.5 Å². The molecule has 162 valence electrons. The van der Waals surface area contributed by atoms with Crippen LogP contribution in [0, 0.1) is 6.92 Å². The summed E-state index contributed by atoms with van der Waals surface area (Å²) >= 11 is 0. The largest absolute Gasteiger partial charge is 0.490 e. The molecule has 0 saturated heterocycles. The summed E-state index contributed by atoms with van der Waals surface area (Å²) in [5.74, 6) is 0.141. The Morgan fingerprint density at radius 3 is 2.43 bits per heavy atom. The van der Waals surface area contributed by atoms with Crippen LogP contribution in [0.4, 0.5) is 5.69 Å². The van der Waals surface area contributed by atoms with E-state index in [9.17, 15) is 13.2 Å². The van der Waals surface area contributed by atoms with Gasteiger partial charge in [-0.05, 0) is 51.0 Å². The van der Waals surface area contributed by atoms with E-state index in [1.807, 2.05) is 6.92 Å². The molecule has 6 nitrogen and oxygen atoms in total. The van der Waals surface area contributed by atoms with Gasteiger partial charge in [0.05, 0.1) is 23.7 Å². The van der Waals surface area contributed by atoms with Gasteiger partial charge in [0.25, 0.3) is 0 Å². The molecule has 1 aliphatic rings. The molecule has 1 aliphatic carbocycles. The summed E-state index contributed by atoms with van der Waals surface area (Å²) < 4.78 is 32.1. The Labute approximate surface area is 178 Å². The molecule has 0 aromatic heterocycles. The zero-order valence-electron chi connectivity index (χ0n) is 17.6. The van der Waals surface area contributed by atoms with E-state index in [4.69, 9.17) is 4.74 Å². The number of hydrogen-bond donors (Lipinski definition) is 2. The Kier molecular flexibility index (Phi) is 7.37. The molecule has 1 saturated carbocycles. The van der Waals surface area contributed by atoms with Gasteiger partial charge in [-0.15, -0.1) is 0 Å². The van der Waals surface area contributed by atoms with Crippen molar-refractivity contribution in [3.05, 3.63) is 48.0 Å². The lowest BCUT2D eigenvalue weighted by Gasteiger charge is -2.23. The van der Waals surface area contributed by atoms with E-state index in [-0.39, 0.29) is 34.0 Å². The minimum atomic E-state index is -3.76. The minimum absolute atomic E-state index is 0.0601. The van der Waals surface area contributed by atoms with Crippen LogP contribution in [0.2, 0.25) is 0 Å². The van der Waals surface area contributed by atoms with Gasteiger partial charge in [0.2, 0.25) is 15.7 Å². The van der Waals surface area contributed by atoms with Crippen molar-refractivity contribution in [1.29, 1.82) is 0 Å². The van der Waals surface area contributed by atoms with Crippen molar-refractivity contribution < 1.29 is 17.9 Å². The maximum atomic E-state index is 13.2. The highest BCUT2D eigenvalue weighted by atomic mass is 32.2. The van der Waals surface area contributed by atoms with E-state index in [0.717, 1.165) is 31.2 Å². The maximum Gasteiger partial charge on any atom is 0.239 e.